The van der Waals surface area contributed by atoms with E-state index in [0.717, 1.165) is 51.6 Å². The van der Waals surface area contributed by atoms with Crippen LogP contribution in [0, 0.1) is 6.92 Å². The summed E-state index contributed by atoms with van der Waals surface area (Å²) in [6.07, 6.45) is 5.08. The molecule has 1 N–H and O–H groups in total. The standard InChI is InChI=1S/C26H29N3O3S/c1-14-20(23(25(30)31)32-26(2,3)4)21(15-10-11-17-18(12-15)29(5)13-27-17)22-16-8-6-7-9-19(16)33-24(22)28-14/h10-13,23H,6-9H2,1-5H3,(H,30,31)/t23-/m0/s1. The van der Waals surface area contributed by atoms with Crippen molar-refractivity contribution in [2.45, 2.75) is 65.1 Å². The number of fused-ring (bicyclic) bond motifs is 4. The molecule has 0 amide bonds. The van der Waals surface area contributed by atoms with Crippen LogP contribution in [0.4, 0.5) is 0 Å². The van der Waals surface area contributed by atoms with Crippen molar-refractivity contribution in [3.63, 3.8) is 0 Å². The molecule has 0 saturated carbocycles. The number of carboxylic acid groups (broad SMARTS) is 1. The molecule has 0 radical (unpaired) electrons. The molecule has 0 saturated heterocycles. The minimum atomic E-state index is -1.11. The van der Waals surface area contributed by atoms with Gasteiger partial charge in [-0.3, -0.25) is 0 Å². The molecule has 3 aromatic heterocycles. The predicted octanol–water partition coefficient (Wildman–Crippen LogP) is 5.98. The van der Waals surface area contributed by atoms with Gasteiger partial charge in [0.15, 0.2) is 6.10 Å². The molecule has 1 aromatic carbocycles. The smallest absolute Gasteiger partial charge is 0.337 e. The normalized spacial score (nSPS) is 15.2. The largest absolute Gasteiger partial charge is 0.479 e. The van der Waals surface area contributed by atoms with Gasteiger partial charge in [0.2, 0.25) is 0 Å². The van der Waals surface area contributed by atoms with Gasteiger partial charge in [0.25, 0.3) is 0 Å². The lowest BCUT2D eigenvalue weighted by molar-refractivity contribution is -0.160. The number of benzene rings is 1. The van der Waals surface area contributed by atoms with Crippen molar-refractivity contribution in [1.82, 2.24) is 14.5 Å². The molecule has 1 aliphatic rings. The lowest BCUT2D eigenvalue weighted by Gasteiger charge is -2.28. The number of thiophene rings is 1. The monoisotopic (exact) mass is 463 g/mol. The van der Waals surface area contributed by atoms with Gasteiger partial charge >= 0.3 is 5.97 Å². The first-order valence-corrected chi connectivity index (χ1v) is 12.2. The summed E-state index contributed by atoms with van der Waals surface area (Å²) in [5, 5.41) is 11.4. The number of ether oxygens (including phenoxy) is 1. The Morgan fingerprint density at radius 1 is 1.24 bits per heavy atom. The van der Waals surface area contributed by atoms with Gasteiger partial charge in [-0.25, -0.2) is 14.8 Å². The van der Waals surface area contributed by atoms with E-state index in [2.05, 4.69) is 17.1 Å². The molecule has 0 spiro atoms. The Hall–Kier alpha value is -2.77. The van der Waals surface area contributed by atoms with Crippen molar-refractivity contribution < 1.29 is 14.6 Å². The fraction of sp³-hybridized carbons (Fsp3) is 0.423. The molecule has 0 unspecified atom stereocenters. The minimum Gasteiger partial charge on any atom is -0.479 e. The van der Waals surface area contributed by atoms with Crippen molar-refractivity contribution in [3.05, 3.63) is 46.2 Å². The van der Waals surface area contributed by atoms with Crippen molar-refractivity contribution in [3.8, 4) is 11.1 Å². The van der Waals surface area contributed by atoms with Crippen LogP contribution < -0.4 is 0 Å². The van der Waals surface area contributed by atoms with E-state index in [4.69, 9.17) is 9.72 Å². The van der Waals surface area contributed by atoms with Gasteiger partial charge in [-0.1, -0.05) is 6.07 Å². The quantitative estimate of drug-likeness (QED) is 0.403. The third-order valence-corrected chi connectivity index (χ3v) is 7.49. The number of carboxylic acids is 1. The van der Waals surface area contributed by atoms with Crippen LogP contribution in [-0.4, -0.2) is 31.2 Å². The Morgan fingerprint density at radius 3 is 2.73 bits per heavy atom. The van der Waals surface area contributed by atoms with Gasteiger partial charge in [0.1, 0.15) is 4.83 Å². The Bertz CT molecular complexity index is 1390. The number of rotatable bonds is 4. The van der Waals surface area contributed by atoms with Crippen molar-refractivity contribution in [1.29, 1.82) is 0 Å². The average molecular weight is 464 g/mol. The summed E-state index contributed by atoms with van der Waals surface area (Å²) >= 11 is 1.76. The summed E-state index contributed by atoms with van der Waals surface area (Å²) in [6.45, 7) is 7.57. The second kappa shape index (κ2) is 7.92. The molecule has 0 aliphatic heterocycles. The number of hydrogen-bond donors (Lipinski definition) is 1. The van der Waals surface area contributed by atoms with Crippen LogP contribution in [0.3, 0.4) is 0 Å². The van der Waals surface area contributed by atoms with Crippen LogP contribution in [0.5, 0.6) is 0 Å². The molecule has 33 heavy (non-hydrogen) atoms. The molecule has 4 aromatic rings. The molecule has 1 aliphatic carbocycles. The molecule has 7 heteroatoms. The summed E-state index contributed by atoms with van der Waals surface area (Å²) in [6, 6.07) is 6.17. The number of nitrogens with zero attached hydrogens (tertiary/aromatic N) is 3. The minimum absolute atomic E-state index is 0.623. The lowest BCUT2D eigenvalue weighted by Crippen LogP contribution is -2.28. The number of aliphatic carboxylic acids is 1. The maximum absolute atomic E-state index is 12.5. The van der Waals surface area contributed by atoms with Crippen molar-refractivity contribution in [2.75, 3.05) is 0 Å². The number of hydrogen-bond acceptors (Lipinski definition) is 5. The van der Waals surface area contributed by atoms with E-state index >= 15 is 0 Å². The summed E-state index contributed by atoms with van der Waals surface area (Å²) in [5.74, 6) is -0.999. The van der Waals surface area contributed by atoms with Crippen LogP contribution in [0.1, 0.15) is 61.4 Å². The van der Waals surface area contributed by atoms with Gasteiger partial charge in [-0.2, -0.15) is 0 Å². The molecule has 172 valence electrons. The van der Waals surface area contributed by atoms with Crippen molar-refractivity contribution in [2.24, 2.45) is 7.05 Å². The van der Waals surface area contributed by atoms with E-state index in [-0.39, 0.29) is 0 Å². The maximum Gasteiger partial charge on any atom is 0.337 e. The Morgan fingerprint density at radius 2 is 2.00 bits per heavy atom. The summed E-state index contributed by atoms with van der Waals surface area (Å²) in [7, 11) is 1.97. The predicted molar refractivity (Wildman–Crippen MR) is 132 cm³/mol. The third-order valence-electron chi connectivity index (χ3n) is 6.30. The molecular formula is C26H29N3O3S. The zero-order valence-electron chi connectivity index (χ0n) is 19.7. The van der Waals surface area contributed by atoms with Crippen LogP contribution in [0.15, 0.2) is 24.5 Å². The van der Waals surface area contributed by atoms with E-state index in [1.54, 1.807) is 17.7 Å². The zero-order valence-corrected chi connectivity index (χ0v) is 20.5. The van der Waals surface area contributed by atoms with Gasteiger partial charge in [-0.05, 0) is 76.6 Å². The van der Waals surface area contributed by atoms with Gasteiger partial charge in [-0.15, -0.1) is 11.3 Å². The van der Waals surface area contributed by atoms with Crippen LogP contribution in [0.2, 0.25) is 0 Å². The molecule has 6 nitrogen and oxygen atoms in total. The SMILES string of the molecule is Cc1nc2sc3c(c2c(-c2ccc4ncn(C)c4c2)c1[C@H](OC(C)(C)C)C(=O)O)CCCC3. The average Bonchev–Trinajstić information content (AvgIpc) is 3.30. The maximum atomic E-state index is 12.5. The van der Waals surface area contributed by atoms with Gasteiger partial charge in [0.05, 0.1) is 23.0 Å². The highest BCUT2D eigenvalue weighted by molar-refractivity contribution is 7.19. The van der Waals surface area contributed by atoms with E-state index in [0.29, 0.717) is 11.3 Å². The first-order valence-electron chi connectivity index (χ1n) is 11.4. The number of pyridine rings is 1. The Labute approximate surface area is 197 Å². The Balaban J connectivity index is 1.88. The van der Waals surface area contributed by atoms with Crippen LogP contribution in [0.25, 0.3) is 32.4 Å². The molecular weight excluding hydrogens is 434 g/mol. The zero-order chi connectivity index (χ0) is 23.5. The van der Waals surface area contributed by atoms with Gasteiger partial charge < -0.3 is 14.4 Å². The highest BCUT2D eigenvalue weighted by Crippen LogP contribution is 2.46. The van der Waals surface area contributed by atoms with E-state index in [1.807, 2.05) is 45.4 Å². The number of carbonyl (C=O) groups is 1. The highest BCUT2D eigenvalue weighted by Gasteiger charge is 2.34. The highest BCUT2D eigenvalue weighted by atomic mass is 32.1. The second-order valence-corrected chi connectivity index (χ2v) is 11.0. The third kappa shape index (κ3) is 3.83. The molecule has 1 atom stereocenters. The number of aromatic nitrogens is 3. The second-order valence-electron chi connectivity index (χ2n) is 9.88. The first kappa shape index (κ1) is 22.0. The lowest BCUT2D eigenvalue weighted by atomic mass is 9.88. The van der Waals surface area contributed by atoms with Crippen molar-refractivity contribution >= 4 is 38.6 Å². The van der Waals surface area contributed by atoms with Crippen LogP contribution in [-0.2, 0) is 29.4 Å². The van der Waals surface area contributed by atoms with E-state index in [1.165, 1.54) is 16.9 Å². The molecule has 5 rings (SSSR count). The Kier molecular flexibility index (Phi) is 5.29. The summed E-state index contributed by atoms with van der Waals surface area (Å²) < 4.78 is 8.13. The molecule has 3 heterocycles. The van der Waals surface area contributed by atoms with Crippen LogP contribution >= 0.6 is 11.3 Å². The number of aryl methyl sites for hydroxylation is 4. The van der Waals surface area contributed by atoms with E-state index < -0.39 is 17.7 Å². The molecule has 0 bridgehead atoms. The topological polar surface area (TPSA) is 77.2 Å². The number of imidazole rings is 1. The summed E-state index contributed by atoms with van der Waals surface area (Å²) in [5.41, 5.74) is 5.90. The molecule has 0 fully saturated rings. The van der Waals surface area contributed by atoms with E-state index in [9.17, 15) is 9.90 Å². The summed E-state index contributed by atoms with van der Waals surface area (Å²) in [4.78, 5) is 24.3. The fourth-order valence-electron chi connectivity index (χ4n) is 4.90. The fourth-order valence-corrected chi connectivity index (χ4v) is 6.22. The van der Waals surface area contributed by atoms with Gasteiger partial charge in [0, 0.05) is 34.1 Å². The first-order chi connectivity index (χ1) is 15.6.